The number of nitrogens with zero attached hydrogens (tertiary/aromatic N) is 3. The summed E-state index contributed by atoms with van der Waals surface area (Å²) in [6, 6.07) is 3.88. The number of primary amides is 1. The van der Waals surface area contributed by atoms with Gasteiger partial charge in [-0.25, -0.2) is 4.52 Å². The summed E-state index contributed by atoms with van der Waals surface area (Å²) in [5, 5.41) is 7.16. The largest absolute Gasteiger partial charge is 0.370 e. The van der Waals surface area contributed by atoms with Crippen molar-refractivity contribution in [1.82, 2.24) is 14.6 Å². The second-order valence-electron chi connectivity index (χ2n) is 3.54. The van der Waals surface area contributed by atoms with Crippen LogP contribution in [-0.4, -0.2) is 27.0 Å². The molecule has 16 heavy (non-hydrogen) atoms. The van der Waals surface area contributed by atoms with Crippen LogP contribution >= 0.6 is 0 Å². The first-order valence-electron chi connectivity index (χ1n) is 5.01. The van der Waals surface area contributed by atoms with E-state index < -0.39 is 0 Å². The van der Waals surface area contributed by atoms with E-state index in [4.69, 9.17) is 5.73 Å². The maximum Gasteiger partial charge on any atom is 0.243 e. The molecule has 0 atom stereocenters. The highest BCUT2D eigenvalue weighted by Gasteiger charge is 2.04. The SMILES string of the molecule is Cc1cccn2nc(NCCC(N)=O)nc12. The quantitative estimate of drug-likeness (QED) is 0.775. The van der Waals surface area contributed by atoms with Crippen molar-refractivity contribution >= 4 is 17.5 Å². The number of fused-ring (bicyclic) bond motifs is 1. The Morgan fingerprint density at radius 1 is 1.62 bits per heavy atom. The van der Waals surface area contributed by atoms with Gasteiger partial charge < -0.3 is 11.1 Å². The van der Waals surface area contributed by atoms with Gasteiger partial charge in [0.05, 0.1) is 0 Å². The van der Waals surface area contributed by atoms with Gasteiger partial charge in [-0.1, -0.05) is 6.07 Å². The zero-order chi connectivity index (χ0) is 11.5. The topological polar surface area (TPSA) is 85.3 Å². The van der Waals surface area contributed by atoms with Gasteiger partial charge >= 0.3 is 0 Å². The number of anilines is 1. The van der Waals surface area contributed by atoms with Crippen molar-refractivity contribution in [3.63, 3.8) is 0 Å². The van der Waals surface area contributed by atoms with Crippen molar-refractivity contribution in [2.75, 3.05) is 11.9 Å². The smallest absolute Gasteiger partial charge is 0.243 e. The van der Waals surface area contributed by atoms with E-state index in [-0.39, 0.29) is 12.3 Å². The normalized spacial score (nSPS) is 10.6. The van der Waals surface area contributed by atoms with Crippen LogP contribution < -0.4 is 11.1 Å². The van der Waals surface area contributed by atoms with Gasteiger partial charge in [0.2, 0.25) is 11.9 Å². The molecular formula is C10H13N5O. The summed E-state index contributed by atoms with van der Waals surface area (Å²) >= 11 is 0. The number of aromatic nitrogens is 3. The van der Waals surface area contributed by atoms with Crippen LogP contribution in [0.1, 0.15) is 12.0 Å². The molecule has 6 heteroatoms. The molecule has 0 aliphatic carbocycles. The molecule has 0 fully saturated rings. The molecule has 2 rings (SSSR count). The van der Waals surface area contributed by atoms with Gasteiger partial charge in [0, 0.05) is 19.2 Å². The second kappa shape index (κ2) is 4.18. The first-order chi connectivity index (χ1) is 7.66. The Morgan fingerprint density at radius 2 is 2.44 bits per heavy atom. The molecule has 6 nitrogen and oxygen atoms in total. The Labute approximate surface area is 92.5 Å². The predicted molar refractivity (Wildman–Crippen MR) is 60.0 cm³/mol. The molecule has 3 N–H and O–H groups in total. The number of hydrogen-bond acceptors (Lipinski definition) is 4. The first-order valence-corrected chi connectivity index (χ1v) is 5.01. The lowest BCUT2D eigenvalue weighted by Gasteiger charge is -1.96. The molecule has 2 aromatic rings. The summed E-state index contributed by atoms with van der Waals surface area (Å²) in [4.78, 5) is 14.8. The van der Waals surface area contributed by atoms with Crippen LogP contribution in [0, 0.1) is 6.92 Å². The lowest BCUT2D eigenvalue weighted by atomic mass is 10.3. The maximum atomic E-state index is 10.6. The highest BCUT2D eigenvalue weighted by Crippen LogP contribution is 2.09. The van der Waals surface area contributed by atoms with E-state index in [1.165, 1.54) is 0 Å². The molecular weight excluding hydrogens is 206 g/mol. The number of amides is 1. The molecule has 2 aromatic heterocycles. The van der Waals surface area contributed by atoms with Crippen molar-refractivity contribution in [2.45, 2.75) is 13.3 Å². The number of aryl methyl sites for hydroxylation is 1. The Bertz CT molecular complexity index is 519. The number of hydrogen-bond donors (Lipinski definition) is 2. The molecule has 0 saturated carbocycles. The zero-order valence-electron chi connectivity index (χ0n) is 8.97. The number of nitrogens with one attached hydrogen (secondary N) is 1. The fourth-order valence-electron chi connectivity index (χ4n) is 1.41. The van der Waals surface area contributed by atoms with Crippen LogP contribution in [0.4, 0.5) is 5.95 Å². The van der Waals surface area contributed by atoms with Crippen molar-refractivity contribution in [2.24, 2.45) is 5.73 Å². The van der Waals surface area contributed by atoms with E-state index in [0.717, 1.165) is 11.2 Å². The van der Waals surface area contributed by atoms with Gasteiger partial charge in [0.1, 0.15) is 0 Å². The Kier molecular flexibility index (Phi) is 2.72. The van der Waals surface area contributed by atoms with E-state index in [2.05, 4.69) is 15.4 Å². The van der Waals surface area contributed by atoms with E-state index >= 15 is 0 Å². The third-order valence-corrected chi connectivity index (χ3v) is 2.21. The Morgan fingerprint density at radius 3 is 3.12 bits per heavy atom. The fourth-order valence-corrected chi connectivity index (χ4v) is 1.41. The molecule has 0 saturated heterocycles. The van der Waals surface area contributed by atoms with E-state index in [9.17, 15) is 4.79 Å². The van der Waals surface area contributed by atoms with Gasteiger partial charge in [-0.3, -0.25) is 4.79 Å². The Balaban J connectivity index is 2.14. The minimum atomic E-state index is -0.340. The molecule has 0 bridgehead atoms. The zero-order valence-corrected chi connectivity index (χ0v) is 8.97. The highest BCUT2D eigenvalue weighted by molar-refractivity contribution is 5.74. The monoisotopic (exact) mass is 219 g/mol. The second-order valence-corrected chi connectivity index (χ2v) is 3.54. The highest BCUT2D eigenvalue weighted by atomic mass is 16.1. The van der Waals surface area contributed by atoms with E-state index in [1.54, 1.807) is 4.52 Å². The van der Waals surface area contributed by atoms with E-state index in [1.807, 2.05) is 25.3 Å². The maximum absolute atomic E-state index is 10.6. The van der Waals surface area contributed by atoms with Crippen molar-refractivity contribution < 1.29 is 4.79 Å². The van der Waals surface area contributed by atoms with Crippen LogP contribution in [0.2, 0.25) is 0 Å². The van der Waals surface area contributed by atoms with Gasteiger partial charge in [-0.2, -0.15) is 4.98 Å². The van der Waals surface area contributed by atoms with Crippen LogP contribution in [0.15, 0.2) is 18.3 Å². The molecule has 0 aromatic carbocycles. The van der Waals surface area contributed by atoms with Crippen molar-refractivity contribution in [1.29, 1.82) is 0 Å². The molecule has 0 aliphatic heterocycles. The Hall–Kier alpha value is -2.11. The van der Waals surface area contributed by atoms with E-state index in [0.29, 0.717) is 12.5 Å². The molecule has 0 unspecified atom stereocenters. The number of carbonyl (C=O) groups is 1. The number of pyridine rings is 1. The summed E-state index contributed by atoms with van der Waals surface area (Å²) < 4.78 is 1.70. The van der Waals surface area contributed by atoms with Crippen LogP contribution in [0.3, 0.4) is 0 Å². The first kappa shape index (κ1) is 10.4. The minimum Gasteiger partial charge on any atom is -0.370 e. The van der Waals surface area contributed by atoms with Gasteiger partial charge in [0.25, 0.3) is 0 Å². The molecule has 0 spiro atoms. The van der Waals surface area contributed by atoms with Crippen LogP contribution in [-0.2, 0) is 4.79 Å². The van der Waals surface area contributed by atoms with Crippen LogP contribution in [0.5, 0.6) is 0 Å². The van der Waals surface area contributed by atoms with Gasteiger partial charge in [-0.15, -0.1) is 5.10 Å². The lowest BCUT2D eigenvalue weighted by molar-refractivity contribution is -0.117. The third kappa shape index (κ3) is 2.10. The molecule has 0 aliphatic rings. The molecule has 2 heterocycles. The average Bonchev–Trinajstić information content (AvgIpc) is 2.61. The van der Waals surface area contributed by atoms with Crippen molar-refractivity contribution in [3.8, 4) is 0 Å². The average molecular weight is 219 g/mol. The third-order valence-electron chi connectivity index (χ3n) is 2.21. The standard InChI is InChI=1S/C10H13N5O/c1-7-3-2-6-15-9(7)13-10(14-15)12-5-4-8(11)16/h2-3,6H,4-5H2,1H3,(H2,11,16)(H,12,14). The van der Waals surface area contributed by atoms with Gasteiger partial charge in [0.15, 0.2) is 5.65 Å². The molecule has 84 valence electrons. The number of carbonyl (C=O) groups excluding carboxylic acids is 1. The minimum absolute atomic E-state index is 0.272. The summed E-state index contributed by atoms with van der Waals surface area (Å²) in [5.41, 5.74) is 6.89. The van der Waals surface area contributed by atoms with Crippen LogP contribution in [0.25, 0.3) is 5.65 Å². The number of rotatable bonds is 4. The number of nitrogens with two attached hydrogens (primary N) is 1. The summed E-state index contributed by atoms with van der Waals surface area (Å²) in [6.45, 7) is 2.42. The van der Waals surface area contributed by atoms with Crippen molar-refractivity contribution in [3.05, 3.63) is 23.9 Å². The summed E-state index contributed by atoms with van der Waals surface area (Å²) in [6.07, 6.45) is 2.10. The summed E-state index contributed by atoms with van der Waals surface area (Å²) in [7, 11) is 0. The molecule has 0 radical (unpaired) electrons. The summed E-state index contributed by atoms with van der Waals surface area (Å²) in [5.74, 6) is 0.169. The van der Waals surface area contributed by atoms with Gasteiger partial charge in [-0.05, 0) is 18.6 Å². The fraction of sp³-hybridized carbons (Fsp3) is 0.300. The predicted octanol–water partition coefficient (Wildman–Crippen LogP) is 0.325. The lowest BCUT2D eigenvalue weighted by Crippen LogP contribution is -2.16. The molecule has 1 amide bonds.